The van der Waals surface area contributed by atoms with Crippen LogP contribution in [0.25, 0.3) is 16.9 Å². The van der Waals surface area contributed by atoms with Gasteiger partial charge in [0.2, 0.25) is 5.95 Å². The highest BCUT2D eigenvalue weighted by molar-refractivity contribution is 5.85. The number of rotatable bonds is 8. The zero-order valence-corrected chi connectivity index (χ0v) is 21.0. The van der Waals surface area contributed by atoms with E-state index in [0.29, 0.717) is 52.3 Å². The number of aryl methyl sites for hydroxylation is 1. The van der Waals surface area contributed by atoms with Gasteiger partial charge in [-0.05, 0) is 43.2 Å². The van der Waals surface area contributed by atoms with Crippen molar-refractivity contribution >= 4 is 28.6 Å². The van der Waals surface area contributed by atoms with Crippen molar-refractivity contribution in [2.45, 2.75) is 43.7 Å². The number of ether oxygens (including phenoxy) is 2. The van der Waals surface area contributed by atoms with Gasteiger partial charge in [-0.15, -0.1) is 0 Å². The zero-order valence-electron chi connectivity index (χ0n) is 21.0. The van der Waals surface area contributed by atoms with Crippen LogP contribution in [0.1, 0.15) is 48.9 Å². The molecule has 12 heteroatoms. The average molecular weight is 517 g/mol. The van der Waals surface area contributed by atoms with Gasteiger partial charge in [0.1, 0.15) is 16.9 Å². The van der Waals surface area contributed by atoms with Gasteiger partial charge in [0.25, 0.3) is 5.56 Å². The van der Waals surface area contributed by atoms with Crippen molar-refractivity contribution in [1.82, 2.24) is 29.1 Å². The van der Waals surface area contributed by atoms with Crippen molar-refractivity contribution in [3.63, 3.8) is 0 Å². The van der Waals surface area contributed by atoms with E-state index in [9.17, 15) is 9.90 Å². The summed E-state index contributed by atoms with van der Waals surface area (Å²) in [5, 5.41) is 13.4. The van der Waals surface area contributed by atoms with Gasteiger partial charge in [0.05, 0.1) is 31.6 Å². The van der Waals surface area contributed by atoms with Crippen molar-refractivity contribution in [3.8, 4) is 11.5 Å². The minimum absolute atomic E-state index is 0.198. The van der Waals surface area contributed by atoms with Crippen LogP contribution >= 0.6 is 0 Å². The lowest BCUT2D eigenvalue weighted by Gasteiger charge is -2.34. The lowest BCUT2D eigenvalue weighted by Crippen LogP contribution is -2.39. The Bertz CT molecular complexity index is 1590. The molecule has 0 radical (unpaired) electrons. The lowest BCUT2D eigenvalue weighted by atomic mass is 9.88. The number of aliphatic hydroxyl groups excluding tert-OH is 1. The number of methoxy groups -OCH3 is 1. The molecule has 0 aliphatic heterocycles. The standard InChI is InChI=1S/C26H28N8O4/c1-33-22-23(37-2)21(38-20(10-27)17-11-28-7-8-29-17)12-30-24(22)32-26(33)31-16-9-15(14-3-4-14)13-34(25(16)36)18-5-6-19(18)35/h7-14,18-19,35H,3-6,27H2,1-2H3,(H,30,31,32)/b20-10+/t18-,19-/m1/s1. The first kappa shape index (κ1) is 23.9. The Balaban J connectivity index is 1.38. The second kappa shape index (κ2) is 9.45. The quantitative estimate of drug-likeness (QED) is 0.298. The van der Waals surface area contributed by atoms with Crippen LogP contribution in [-0.2, 0) is 7.05 Å². The molecule has 12 nitrogen and oxygen atoms in total. The molecule has 6 rings (SSSR count). The Morgan fingerprint density at radius 1 is 1.21 bits per heavy atom. The summed E-state index contributed by atoms with van der Waals surface area (Å²) in [4.78, 5) is 30.8. The third kappa shape index (κ3) is 4.12. The molecular weight excluding hydrogens is 488 g/mol. The fourth-order valence-corrected chi connectivity index (χ4v) is 4.73. The van der Waals surface area contributed by atoms with Gasteiger partial charge in [0, 0.05) is 31.8 Å². The molecule has 2 atom stereocenters. The summed E-state index contributed by atoms with van der Waals surface area (Å²) < 4.78 is 15.1. The van der Waals surface area contributed by atoms with Crippen LogP contribution in [0.5, 0.6) is 11.5 Å². The summed E-state index contributed by atoms with van der Waals surface area (Å²) >= 11 is 0. The topological polar surface area (TPSA) is 155 Å². The summed E-state index contributed by atoms with van der Waals surface area (Å²) in [6.45, 7) is 0. The molecule has 0 unspecified atom stereocenters. The highest BCUT2D eigenvalue weighted by Crippen LogP contribution is 2.42. The van der Waals surface area contributed by atoms with Crippen LogP contribution in [0, 0.1) is 0 Å². The second-order valence-corrected chi connectivity index (χ2v) is 9.56. The molecule has 38 heavy (non-hydrogen) atoms. The van der Waals surface area contributed by atoms with Crippen LogP contribution in [0.2, 0.25) is 0 Å². The van der Waals surface area contributed by atoms with Gasteiger partial charge in [0.15, 0.2) is 22.9 Å². The predicted molar refractivity (Wildman–Crippen MR) is 140 cm³/mol. The normalized spacial score (nSPS) is 19.3. The minimum atomic E-state index is -0.507. The number of imidazole rings is 1. The summed E-state index contributed by atoms with van der Waals surface area (Å²) in [6.07, 6.45) is 12.5. The number of anilines is 2. The molecule has 4 N–H and O–H groups in total. The Labute approximate surface area is 217 Å². The molecule has 4 heterocycles. The highest BCUT2D eigenvalue weighted by Gasteiger charge is 2.33. The van der Waals surface area contributed by atoms with Gasteiger partial charge in [-0.3, -0.25) is 9.78 Å². The Kier molecular flexibility index (Phi) is 5.95. The lowest BCUT2D eigenvalue weighted by molar-refractivity contribution is 0.0299. The smallest absolute Gasteiger partial charge is 0.274 e. The minimum Gasteiger partial charge on any atom is -0.491 e. The van der Waals surface area contributed by atoms with Gasteiger partial charge < -0.3 is 34.8 Å². The van der Waals surface area contributed by atoms with E-state index < -0.39 is 6.10 Å². The molecule has 2 fully saturated rings. The first-order chi connectivity index (χ1) is 18.5. The van der Waals surface area contributed by atoms with Crippen molar-refractivity contribution in [3.05, 3.63) is 64.9 Å². The number of hydrogen-bond donors (Lipinski definition) is 3. The molecule has 0 bridgehead atoms. The van der Waals surface area contributed by atoms with Gasteiger partial charge in [-0.1, -0.05) is 0 Å². The van der Waals surface area contributed by atoms with E-state index in [2.05, 4.69) is 25.3 Å². The number of hydrogen-bond acceptors (Lipinski definition) is 10. The molecule has 2 aliphatic rings. The number of nitrogens with one attached hydrogen (secondary N) is 1. The summed E-state index contributed by atoms with van der Waals surface area (Å²) in [5.41, 5.74) is 8.51. The van der Waals surface area contributed by atoms with Crippen molar-refractivity contribution in [1.29, 1.82) is 0 Å². The Hall–Kier alpha value is -4.45. The maximum Gasteiger partial charge on any atom is 0.274 e. The van der Waals surface area contributed by atoms with Gasteiger partial charge in [-0.25, -0.2) is 9.97 Å². The van der Waals surface area contributed by atoms with E-state index in [4.69, 9.17) is 15.2 Å². The zero-order chi connectivity index (χ0) is 26.4. The van der Waals surface area contributed by atoms with E-state index in [0.717, 1.165) is 24.8 Å². The molecule has 196 valence electrons. The first-order valence-electron chi connectivity index (χ1n) is 12.4. The monoisotopic (exact) mass is 516 g/mol. The van der Waals surface area contributed by atoms with E-state index in [1.165, 1.54) is 31.9 Å². The van der Waals surface area contributed by atoms with Crippen LogP contribution in [-0.4, -0.2) is 47.4 Å². The largest absolute Gasteiger partial charge is 0.491 e. The maximum absolute atomic E-state index is 13.4. The van der Waals surface area contributed by atoms with Gasteiger partial charge in [-0.2, -0.15) is 4.98 Å². The third-order valence-corrected chi connectivity index (χ3v) is 7.13. The van der Waals surface area contributed by atoms with E-state index in [1.807, 2.05) is 12.3 Å². The molecule has 2 aliphatic carbocycles. The Morgan fingerprint density at radius 3 is 2.68 bits per heavy atom. The molecular formula is C26H28N8O4. The fraction of sp³-hybridized carbons (Fsp3) is 0.346. The van der Waals surface area contributed by atoms with Crippen molar-refractivity contribution in [2.24, 2.45) is 12.8 Å². The number of nitrogens with zero attached hydrogens (tertiary/aromatic N) is 6. The van der Waals surface area contributed by atoms with Crippen LogP contribution in [0.15, 0.2) is 48.0 Å². The first-order valence-corrected chi connectivity index (χ1v) is 12.4. The SMILES string of the molecule is COc1c(O/C(=C/N)c2cnccn2)cnc2nc(Nc3cc(C4CC4)cn([C@@H]4CC[C@H]4O)c3=O)n(C)c12. The third-order valence-electron chi connectivity index (χ3n) is 7.13. The molecule has 0 spiro atoms. The summed E-state index contributed by atoms with van der Waals surface area (Å²) in [5.74, 6) is 1.84. The summed E-state index contributed by atoms with van der Waals surface area (Å²) in [7, 11) is 3.32. The Morgan fingerprint density at radius 2 is 2.05 bits per heavy atom. The number of aromatic nitrogens is 6. The number of fused-ring (bicyclic) bond motifs is 1. The fourth-order valence-electron chi connectivity index (χ4n) is 4.73. The second-order valence-electron chi connectivity index (χ2n) is 9.56. The molecule has 4 aromatic heterocycles. The van der Waals surface area contributed by atoms with E-state index in [-0.39, 0.29) is 17.4 Å². The maximum atomic E-state index is 13.4. The van der Waals surface area contributed by atoms with Crippen molar-refractivity contribution < 1.29 is 14.6 Å². The van der Waals surface area contributed by atoms with Crippen LogP contribution in [0.4, 0.5) is 11.6 Å². The molecule has 0 aromatic carbocycles. The molecule has 4 aromatic rings. The van der Waals surface area contributed by atoms with E-state index in [1.54, 1.807) is 22.4 Å². The number of nitrogens with two attached hydrogens (primary N) is 1. The van der Waals surface area contributed by atoms with Crippen LogP contribution in [0.3, 0.4) is 0 Å². The van der Waals surface area contributed by atoms with Gasteiger partial charge >= 0.3 is 0 Å². The molecule has 2 saturated carbocycles. The molecule has 0 amide bonds. The number of aliphatic hydroxyl groups is 1. The molecule has 0 saturated heterocycles. The number of pyridine rings is 2. The van der Waals surface area contributed by atoms with E-state index >= 15 is 0 Å². The average Bonchev–Trinajstić information content (AvgIpc) is 3.73. The predicted octanol–water partition coefficient (Wildman–Crippen LogP) is 2.58. The van der Waals surface area contributed by atoms with Crippen LogP contribution < -0.4 is 26.1 Å². The highest BCUT2D eigenvalue weighted by atomic mass is 16.5. The van der Waals surface area contributed by atoms with Crippen molar-refractivity contribution in [2.75, 3.05) is 12.4 Å². The summed E-state index contributed by atoms with van der Waals surface area (Å²) in [6, 6.07) is 1.68.